The number of para-hydroxylation sites is 2. The molecule has 0 N–H and O–H groups in total. The smallest absolute Gasteiger partial charge is 0.307 e. The van der Waals surface area contributed by atoms with Gasteiger partial charge in [-0.2, -0.15) is 0 Å². The van der Waals surface area contributed by atoms with Crippen LogP contribution in [0.4, 0.5) is 0 Å². The zero-order valence-electron chi connectivity index (χ0n) is 15.5. The van der Waals surface area contributed by atoms with E-state index in [-0.39, 0.29) is 0 Å². The zero-order valence-corrected chi connectivity index (χ0v) is 17.3. The number of benzene rings is 2. The van der Waals surface area contributed by atoms with Gasteiger partial charge in [0.2, 0.25) is 0 Å². The minimum absolute atomic E-state index is 0.369. The van der Waals surface area contributed by atoms with Crippen LogP contribution in [0.1, 0.15) is 25.7 Å². The van der Waals surface area contributed by atoms with E-state index in [9.17, 15) is 9.13 Å². The summed E-state index contributed by atoms with van der Waals surface area (Å²) in [6.07, 6.45) is 3.33. The van der Waals surface area contributed by atoms with Crippen molar-refractivity contribution in [3.05, 3.63) is 60.7 Å². The monoisotopic (exact) mass is 426 g/mol. The Morgan fingerprint density at radius 2 is 0.964 bits per heavy atom. The maximum atomic E-state index is 11.6. The molecule has 0 fully saturated rings. The summed E-state index contributed by atoms with van der Waals surface area (Å²) < 4.78 is 43.8. The van der Waals surface area contributed by atoms with E-state index in [2.05, 4.69) is 0 Å². The molecule has 0 aliphatic rings. The lowest BCUT2D eigenvalue weighted by Crippen LogP contribution is -1.93. The van der Waals surface area contributed by atoms with Gasteiger partial charge in [-0.3, -0.25) is 0 Å². The summed E-state index contributed by atoms with van der Waals surface area (Å²) in [5.74, 6) is 1.05. The van der Waals surface area contributed by atoms with E-state index in [1.54, 1.807) is 48.5 Å². The van der Waals surface area contributed by atoms with Crippen LogP contribution in [0.3, 0.4) is 0 Å². The van der Waals surface area contributed by atoms with E-state index in [1.807, 2.05) is 18.9 Å². The van der Waals surface area contributed by atoms with Crippen molar-refractivity contribution in [2.24, 2.45) is 0 Å². The molecule has 0 amide bonds. The second-order valence-electron chi connectivity index (χ2n) is 5.34. The molecule has 9 heteroatoms. The van der Waals surface area contributed by atoms with Crippen molar-refractivity contribution >= 4 is 23.3 Å². The third kappa shape index (κ3) is 11.5. The minimum atomic E-state index is -2.15. The molecule has 2 rings (SSSR count). The lowest BCUT2D eigenvalue weighted by atomic mass is 10.2. The molecule has 2 aromatic carbocycles. The Labute approximate surface area is 166 Å². The van der Waals surface area contributed by atoms with Crippen LogP contribution in [-0.2, 0) is 23.0 Å². The Kier molecular flexibility index (Phi) is 13.5. The van der Waals surface area contributed by atoms with Gasteiger partial charge in [-0.25, -0.2) is 9.05 Å². The Balaban J connectivity index is 0.00000190. The largest absolute Gasteiger partial charge is 0.750 e. The first kappa shape index (κ1) is 23.9. The molecule has 0 radical (unpaired) electrons. The van der Waals surface area contributed by atoms with Crippen LogP contribution in [0.5, 0.6) is 11.5 Å². The standard InChI is InChI=1S/C18H22O6P2.CH2O/c19-25(23-17-11-5-3-6-12-17)21-15-9-1-2-10-16-22-26(20)24-18-13-7-4-8-14-18;1-2/h3-8,11-14H,1-2,9-10,15-16H2;1H2/q+2;. The highest BCUT2D eigenvalue weighted by molar-refractivity contribution is 7.34. The number of carbonyl (C=O) groups is 1. The molecule has 2 aromatic rings. The van der Waals surface area contributed by atoms with Crippen LogP contribution in [0.25, 0.3) is 0 Å². The third-order valence-corrected chi connectivity index (χ3v) is 4.78. The first-order valence-electron chi connectivity index (χ1n) is 8.69. The van der Waals surface area contributed by atoms with Gasteiger partial charge in [0.15, 0.2) is 11.5 Å². The van der Waals surface area contributed by atoms with Crippen LogP contribution in [0, 0.1) is 0 Å². The van der Waals surface area contributed by atoms with Crippen molar-refractivity contribution in [1.82, 2.24) is 0 Å². The highest BCUT2D eigenvalue weighted by Crippen LogP contribution is 2.29. The van der Waals surface area contributed by atoms with E-state index in [1.165, 1.54) is 0 Å². The summed E-state index contributed by atoms with van der Waals surface area (Å²) in [5.41, 5.74) is 0. The molecule has 150 valence electrons. The molecule has 28 heavy (non-hydrogen) atoms. The Bertz CT molecular complexity index is 624. The van der Waals surface area contributed by atoms with E-state index in [0.717, 1.165) is 25.7 Å². The van der Waals surface area contributed by atoms with E-state index < -0.39 is 16.5 Å². The molecule has 0 aliphatic carbocycles. The van der Waals surface area contributed by atoms with E-state index in [4.69, 9.17) is 22.9 Å². The molecule has 2 unspecified atom stereocenters. The van der Waals surface area contributed by atoms with Crippen LogP contribution in [0.15, 0.2) is 60.7 Å². The van der Waals surface area contributed by atoms with Crippen molar-refractivity contribution in [2.75, 3.05) is 13.2 Å². The minimum Gasteiger partial charge on any atom is -0.307 e. The summed E-state index contributed by atoms with van der Waals surface area (Å²) in [6, 6.07) is 17.8. The van der Waals surface area contributed by atoms with Crippen molar-refractivity contribution in [2.45, 2.75) is 25.7 Å². The average molecular weight is 426 g/mol. The van der Waals surface area contributed by atoms with Crippen molar-refractivity contribution < 1.29 is 32.0 Å². The van der Waals surface area contributed by atoms with Gasteiger partial charge in [-0.15, -0.1) is 9.05 Å². The van der Waals surface area contributed by atoms with Gasteiger partial charge in [0.25, 0.3) is 0 Å². The Morgan fingerprint density at radius 3 is 1.32 bits per heavy atom. The van der Waals surface area contributed by atoms with E-state index in [0.29, 0.717) is 24.7 Å². The van der Waals surface area contributed by atoms with Gasteiger partial charge < -0.3 is 4.79 Å². The number of carbonyl (C=O) groups excluding carboxylic acids is 1. The molecular formula is C19H24O7P2+2. The predicted molar refractivity (Wildman–Crippen MR) is 107 cm³/mol. The molecule has 2 atom stereocenters. The van der Waals surface area contributed by atoms with Gasteiger partial charge in [0, 0.05) is 9.13 Å². The van der Waals surface area contributed by atoms with Gasteiger partial charge in [-0.05, 0) is 37.1 Å². The van der Waals surface area contributed by atoms with Gasteiger partial charge in [-0.1, -0.05) is 49.2 Å². The third-order valence-electron chi connectivity index (χ3n) is 3.28. The van der Waals surface area contributed by atoms with Gasteiger partial charge >= 0.3 is 16.5 Å². The molecule has 0 heterocycles. The second-order valence-corrected chi connectivity index (χ2v) is 7.11. The molecule has 0 saturated carbocycles. The fourth-order valence-electron chi connectivity index (χ4n) is 2.02. The zero-order chi connectivity index (χ0) is 20.5. The van der Waals surface area contributed by atoms with Gasteiger partial charge in [0.1, 0.15) is 20.0 Å². The maximum absolute atomic E-state index is 11.6. The van der Waals surface area contributed by atoms with Crippen LogP contribution >= 0.6 is 16.5 Å². The normalized spacial score (nSPS) is 11.0. The lowest BCUT2D eigenvalue weighted by molar-refractivity contribution is -0.0980. The number of rotatable bonds is 13. The molecule has 0 aromatic heterocycles. The van der Waals surface area contributed by atoms with Crippen molar-refractivity contribution in [3.63, 3.8) is 0 Å². The summed E-state index contributed by atoms with van der Waals surface area (Å²) in [7, 11) is -4.30. The molecule has 0 bridgehead atoms. The van der Waals surface area contributed by atoms with Crippen LogP contribution in [0.2, 0.25) is 0 Å². The highest BCUT2D eigenvalue weighted by atomic mass is 31.1. The lowest BCUT2D eigenvalue weighted by Gasteiger charge is -1.96. The van der Waals surface area contributed by atoms with Crippen molar-refractivity contribution in [3.8, 4) is 11.5 Å². The van der Waals surface area contributed by atoms with Crippen LogP contribution < -0.4 is 9.05 Å². The predicted octanol–water partition coefficient (Wildman–Crippen LogP) is 5.87. The van der Waals surface area contributed by atoms with Gasteiger partial charge in [0.05, 0.1) is 0 Å². The SMILES string of the molecule is C=O.O=[P+](OCCCCCCO[P+](=O)Oc1ccccc1)Oc1ccccc1. The molecule has 0 saturated heterocycles. The Morgan fingerprint density at radius 1 is 0.607 bits per heavy atom. The summed E-state index contributed by atoms with van der Waals surface area (Å²) >= 11 is 0. The molecule has 7 nitrogen and oxygen atoms in total. The highest BCUT2D eigenvalue weighted by Gasteiger charge is 2.22. The first-order chi connectivity index (χ1) is 13.7. The number of hydrogen-bond acceptors (Lipinski definition) is 7. The maximum Gasteiger partial charge on any atom is 0.750 e. The molecule has 0 aliphatic heterocycles. The van der Waals surface area contributed by atoms with E-state index >= 15 is 0 Å². The fraction of sp³-hybridized carbons (Fsp3) is 0.316. The number of unbranched alkanes of at least 4 members (excludes halogenated alkanes) is 3. The topological polar surface area (TPSA) is 88.1 Å². The second kappa shape index (κ2) is 15.8. The first-order valence-corrected chi connectivity index (χ1v) is 10.9. The number of hydrogen-bond donors (Lipinski definition) is 0. The molecule has 0 spiro atoms. The fourth-order valence-corrected chi connectivity index (χ4v) is 3.27. The van der Waals surface area contributed by atoms with Crippen molar-refractivity contribution in [1.29, 1.82) is 0 Å². The quantitative estimate of drug-likeness (QED) is 0.292. The Hall–Kier alpha value is -2.17. The van der Waals surface area contributed by atoms with Crippen LogP contribution in [-0.4, -0.2) is 20.0 Å². The summed E-state index contributed by atoms with van der Waals surface area (Å²) in [6.45, 7) is 2.74. The summed E-state index contributed by atoms with van der Waals surface area (Å²) in [5, 5.41) is 0. The average Bonchev–Trinajstić information content (AvgIpc) is 2.73. The summed E-state index contributed by atoms with van der Waals surface area (Å²) in [4.78, 5) is 8.00. The molecular weight excluding hydrogens is 402 g/mol.